The van der Waals surface area contributed by atoms with Crippen molar-refractivity contribution in [1.82, 2.24) is 15.2 Å². The van der Waals surface area contributed by atoms with Gasteiger partial charge in [0.1, 0.15) is 0 Å². The maximum Gasteiger partial charge on any atom is 0.416 e. The molecule has 1 amide bonds. The third kappa shape index (κ3) is 6.19. The molecular formula is C32H35F3N4O4S. The van der Waals surface area contributed by atoms with Gasteiger partial charge in [-0.3, -0.25) is 9.10 Å². The van der Waals surface area contributed by atoms with Crippen LogP contribution in [0.1, 0.15) is 51.8 Å². The van der Waals surface area contributed by atoms with Crippen LogP contribution in [0.25, 0.3) is 10.9 Å². The van der Waals surface area contributed by atoms with E-state index in [1.165, 1.54) is 17.4 Å². The molecule has 0 fully saturated rings. The lowest BCUT2D eigenvalue weighted by molar-refractivity contribution is -0.137. The topological polar surface area (TPSA) is 104 Å². The Morgan fingerprint density at radius 2 is 1.75 bits per heavy atom. The molecule has 8 nitrogen and oxygen atoms in total. The van der Waals surface area contributed by atoms with Gasteiger partial charge in [0.05, 0.1) is 28.9 Å². The number of carbonyl (C=O) groups excluding carboxylic acids is 1. The average molecular weight is 629 g/mol. The molecule has 0 saturated heterocycles. The summed E-state index contributed by atoms with van der Waals surface area (Å²) < 4.78 is 68.6. The summed E-state index contributed by atoms with van der Waals surface area (Å²) in [6.45, 7) is 3.68. The zero-order chi connectivity index (χ0) is 31.8. The van der Waals surface area contributed by atoms with Gasteiger partial charge in [0.25, 0.3) is 15.9 Å². The maximum absolute atomic E-state index is 13.7. The lowest BCUT2D eigenvalue weighted by Gasteiger charge is -2.31. The molecule has 0 radical (unpaired) electrons. The van der Waals surface area contributed by atoms with Crippen LogP contribution in [-0.4, -0.2) is 49.7 Å². The van der Waals surface area contributed by atoms with E-state index in [0.29, 0.717) is 17.7 Å². The molecule has 5 rings (SSSR count). The number of rotatable bonds is 10. The first-order valence-electron chi connectivity index (χ1n) is 14.4. The summed E-state index contributed by atoms with van der Waals surface area (Å²) >= 11 is 0. The first-order chi connectivity index (χ1) is 20.8. The minimum absolute atomic E-state index is 0.0000139. The van der Waals surface area contributed by atoms with Crippen molar-refractivity contribution in [3.8, 4) is 0 Å². The van der Waals surface area contributed by atoms with E-state index in [-0.39, 0.29) is 25.1 Å². The Morgan fingerprint density at radius 3 is 2.43 bits per heavy atom. The molecular weight excluding hydrogens is 593 g/mol. The van der Waals surface area contributed by atoms with E-state index in [0.717, 1.165) is 34.2 Å². The van der Waals surface area contributed by atoms with Gasteiger partial charge in [0, 0.05) is 37.3 Å². The molecule has 1 aromatic heterocycles. The standard InChI is InChI=1S/C32H35F3N4O4S/c1-4-23-19-39-20(2)44(42,43)38(3)28-16-24(15-26(23)30(28)39)31(41)37-27(14-21-9-6-5-7-10-21)29(40)18-36-17-22-11-8-12-25(13-22)32(33,34)35/h5-13,15-16,19-20,27,29,36,40H,4,14,17-18H2,1-3H3,(H,37,41)/t20?,27-,29+/m0/s1. The fourth-order valence-corrected chi connectivity index (χ4v) is 6.98. The predicted octanol–water partition coefficient (Wildman–Crippen LogP) is 5.01. The highest BCUT2D eigenvalue weighted by atomic mass is 32.2. The van der Waals surface area contributed by atoms with E-state index in [4.69, 9.17) is 0 Å². The lowest BCUT2D eigenvalue weighted by Crippen LogP contribution is -2.48. The Balaban J connectivity index is 1.39. The second-order valence-corrected chi connectivity index (χ2v) is 13.3. The number of aliphatic hydroxyl groups is 1. The zero-order valence-electron chi connectivity index (χ0n) is 24.6. The van der Waals surface area contributed by atoms with Crippen LogP contribution >= 0.6 is 0 Å². The SMILES string of the molecule is CCc1cn2c3c(cc(C(=O)N[C@@H](Cc4ccccc4)[C@H](O)CNCc4cccc(C(F)(F)F)c4)cc13)N(C)S(=O)(=O)C2C. The van der Waals surface area contributed by atoms with Crippen molar-refractivity contribution in [1.29, 1.82) is 0 Å². The Morgan fingerprint density at radius 1 is 1.05 bits per heavy atom. The van der Waals surface area contributed by atoms with Gasteiger partial charge in [0.15, 0.2) is 5.37 Å². The summed E-state index contributed by atoms with van der Waals surface area (Å²) in [6.07, 6.45) is -2.81. The van der Waals surface area contributed by atoms with Crippen LogP contribution < -0.4 is 14.9 Å². The Bertz CT molecular complexity index is 1770. The number of sulfonamides is 1. The van der Waals surface area contributed by atoms with Gasteiger partial charge in [0.2, 0.25) is 0 Å². The maximum atomic E-state index is 13.7. The minimum atomic E-state index is -4.46. The molecule has 2 heterocycles. The molecule has 3 N–H and O–H groups in total. The molecule has 12 heteroatoms. The first kappa shape index (κ1) is 31.6. The zero-order valence-corrected chi connectivity index (χ0v) is 25.4. The number of amides is 1. The fraction of sp³-hybridized carbons (Fsp3) is 0.344. The molecule has 0 bridgehead atoms. The monoisotopic (exact) mass is 628 g/mol. The van der Waals surface area contributed by atoms with E-state index in [1.54, 1.807) is 29.7 Å². The van der Waals surface area contributed by atoms with E-state index in [1.807, 2.05) is 43.5 Å². The van der Waals surface area contributed by atoms with Crippen LogP contribution in [0.2, 0.25) is 0 Å². The van der Waals surface area contributed by atoms with Gasteiger partial charge in [-0.05, 0) is 54.7 Å². The third-order valence-electron chi connectivity index (χ3n) is 8.19. The van der Waals surface area contributed by atoms with E-state index in [2.05, 4.69) is 10.6 Å². The van der Waals surface area contributed by atoms with Gasteiger partial charge in [-0.1, -0.05) is 55.5 Å². The fourth-order valence-electron chi connectivity index (χ4n) is 5.65. The quantitative estimate of drug-likeness (QED) is 0.229. The summed E-state index contributed by atoms with van der Waals surface area (Å²) in [6, 6.07) is 16.8. The van der Waals surface area contributed by atoms with Crippen LogP contribution in [0.15, 0.2) is 72.9 Å². The molecule has 44 heavy (non-hydrogen) atoms. The number of aliphatic hydroxyl groups excluding tert-OH is 1. The molecule has 3 atom stereocenters. The van der Waals surface area contributed by atoms with Crippen LogP contribution in [0.5, 0.6) is 0 Å². The van der Waals surface area contributed by atoms with Crippen LogP contribution in [0.3, 0.4) is 0 Å². The molecule has 1 unspecified atom stereocenters. The largest absolute Gasteiger partial charge is 0.416 e. The smallest absolute Gasteiger partial charge is 0.390 e. The van der Waals surface area contributed by atoms with Crippen LogP contribution in [-0.2, 0) is 35.6 Å². The molecule has 0 spiro atoms. The van der Waals surface area contributed by atoms with E-state index >= 15 is 0 Å². The van der Waals surface area contributed by atoms with Gasteiger partial charge in [-0.2, -0.15) is 13.2 Å². The van der Waals surface area contributed by atoms with Crippen molar-refractivity contribution in [2.24, 2.45) is 0 Å². The number of halogens is 3. The highest BCUT2D eigenvalue weighted by Gasteiger charge is 2.37. The van der Waals surface area contributed by atoms with Crippen LogP contribution in [0, 0.1) is 0 Å². The number of hydrogen-bond acceptors (Lipinski definition) is 5. The lowest BCUT2D eigenvalue weighted by atomic mass is 9.99. The number of nitrogens with one attached hydrogen (secondary N) is 2. The van der Waals surface area contributed by atoms with Crippen molar-refractivity contribution in [2.75, 3.05) is 17.9 Å². The summed E-state index contributed by atoms with van der Waals surface area (Å²) in [5, 5.41) is 17.1. The summed E-state index contributed by atoms with van der Waals surface area (Å²) in [7, 11) is -2.23. The Labute approximate surface area is 254 Å². The molecule has 234 valence electrons. The number of aryl methyl sites for hydroxylation is 1. The number of benzene rings is 3. The minimum Gasteiger partial charge on any atom is -0.390 e. The second-order valence-electron chi connectivity index (χ2n) is 11.1. The van der Waals surface area contributed by atoms with E-state index < -0.39 is 45.2 Å². The number of carbonyl (C=O) groups is 1. The van der Waals surface area contributed by atoms with Gasteiger partial charge in [-0.15, -0.1) is 0 Å². The highest BCUT2D eigenvalue weighted by molar-refractivity contribution is 7.92. The normalized spacial score (nSPS) is 17.4. The summed E-state index contributed by atoms with van der Waals surface area (Å²) in [5.41, 5.74) is 2.82. The Kier molecular flexibility index (Phi) is 8.79. The van der Waals surface area contributed by atoms with Crippen molar-refractivity contribution in [2.45, 2.75) is 56.9 Å². The third-order valence-corrected chi connectivity index (χ3v) is 10.2. The number of hydrogen-bond donors (Lipinski definition) is 3. The molecule has 0 aliphatic carbocycles. The average Bonchev–Trinajstić information content (AvgIpc) is 3.37. The number of alkyl halides is 3. The molecule has 0 saturated carbocycles. The first-order valence-corrected chi connectivity index (χ1v) is 15.9. The van der Waals surface area contributed by atoms with Gasteiger partial charge in [-0.25, -0.2) is 8.42 Å². The van der Waals surface area contributed by atoms with Gasteiger partial charge < -0.3 is 20.3 Å². The van der Waals surface area contributed by atoms with Crippen molar-refractivity contribution < 1.29 is 31.5 Å². The molecule has 1 aliphatic rings. The second kappa shape index (κ2) is 12.3. The van der Waals surface area contributed by atoms with E-state index in [9.17, 15) is 31.5 Å². The number of aromatic nitrogens is 1. The van der Waals surface area contributed by atoms with Crippen molar-refractivity contribution in [3.05, 3.63) is 101 Å². The summed E-state index contributed by atoms with van der Waals surface area (Å²) in [5.74, 6) is -0.486. The van der Waals surface area contributed by atoms with Crippen LogP contribution in [0.4, 0.5) is 18.9 Å². The Hall–Kier alpha value is -3.87. The number of nitrogens with zero attached hydrogens (tertiary/aromatic N) is 2. The van der Waals surface area contributed by atoms with Crippen molar-refractivity contribution >= 4 is 32.5 Å². The predicted molar refractivity (Wildman–Crippen MR) is 164 cm³/mol. The summed E-state index contributed by atoms with van der Waals surface area (Å²) in [4.78, 5) is 13.7. The molecule has 1 aliphatic heterocycles. The van der Waals surface area contributed by atoms with Crippen molar-refractivity contribution in [3.63, 3.8) is 0 Å². The highest BCUT2D eigenvalue weighted by Crippen LogP contribution is 2.41. The molecule has 3 aromatic carbocycles. The number of anilines is 1. The molecule has 4 aromatic rings. The van der Waals surface area contributed by atoms with Gasteiger partial charge >= 0.3 is 6.18 Å².